The highest BCUT2D eigenvalue weighted by Gasteiger charge is 2.54. The number of nitrogens with zero attached hydrogens (tertiary/aromatic N) is 1. The molecule has 1 aliphatic heterocycles. The van der Waals surface area contributed by atoms with E-state index in [9.17, 15) is 19.8 Å². The summed E-state index contributed by atoms with van der Waals surface area (Å²) >= 11 is 1.65. The molecule has 5 atom stereocenters. The Kier molecular flexibility index (Phi) is 5.15. The summed E-state index contributed by atoms with van der Waals surface area (Å²) in [6.45, 7) is -0.264. The lowest BCUT2D eigenvalue weighted by atomic mass is 10.1. The van der Waals surface area contributed by atoms with E-state index in [-0.39, 0.29) is 6.61 Å². The number of rotatable bonds is 4. The molecular weight excluding hydrogens is 420 g/mol. The zero-order chi connectivity index (χ0) is 15.8. The van der Waals surface area contributed by atoms with Gasteiger partial charge in [-0.05, 0) is 22.6 Å². The normalized spacial score (nSPS) is 34.0. The van der Waals surface area contributed by atoms with Gasteiger partial charge in [-0.3, -0.25) is 19.8 Å². The van der Waals surface area contributed by atoms with Gasteiger partial charge in [0.1, 0.15) is 18.3 Å². The number of halogens is 1. The number of hydrogen-bond donors (Lipinski definition) is 5. The number of aromatic amines is 1. The first-order chi connectivity index (χ1) is 9.75. The van der Waals surface area contributed by atoms with Crippen molar-refractivity contribution in [2.24, 2.45) is 5.50 Å². The SMILES string of the molecule is NP(O)OC[C@H]1O[C@@](I)(n2ccc(=O)[nH]c2=O)[C@H](O)[C@@H]1O. The van der Waals surface area contributed by atoms with Crippen molar-refractivity contribution in [1.82, 2.24) is 9.55 Å². The molecule has 6 N–H and O–H groups in total. The fourth-order valence-corrected chi connectivity index (χ4v) is 3.28. The summed E-state index contributed by atoms with van der Waals surface area (Å²) in [6.07, 6.45) is -2.68. The molecule has 2 heterocycles. The first-order valence-corrected chi connectivity index (χ1v) is 8.03. The lowest BCUT2D eigenvalue weighted by molar-refractivity contribution is -0.0658. The minimum atomic E-state index is -2.14. The molecule has 1 aliphatic rings. The number of ether oxygens (including phenoxy) is 1. The van der Waals surface area contributed by atoms with Gasteiger partial charge in [0.25, 0.3) is 5.56 Å². The predicted molar refractivity (Wildman–Crippen MR) is 79.5 cm³/mol. The molecule has 0 aromatic carbocycles. The van der Waals surface area contributed by atoms with Gasteiger partial charge in [0.2, 0.25) is 12.3 Å². The molecule has 1 aromatic heterocycles. The third-order valence-corrected chi connectivity index (χ3v) is 4.74. The number of aromatic nitrogens is 2. The van der Waals surface area contributed by atoms with Gasteiger partial charge >= 0.3 is 5.69 Å². The minimum absolute atomic E-state index is 0.264. The zero-order valence-corrected chi connectivity index (χ0v) is 13.5. The Hall–Kier alpha value is -0.400. The number of alkyl halides is 1. The second kappa shape index (κ2) is 6.38. The van der Waals surface area contributed by atoms with Crippen LogP contribution in [-0.4, -0.2) is 49.6 Å². The quantitative estimate of drug-likeness (QED) is 0.205. The molecule has 1 unspecified atom stereocenters. The first-order valence-electron chi connectivity index (χ1n) is 5.67. The van der Waals surface area contributed by atoms with E-state index in [4.69, 9.17) is 19.7 Å². The topological polar surface area (TPSA) is 160 Å². The summed E-state index contributed by atoms with van der Waals surface area (Å²) in [4.78, 5) is 33.8. The smallest absolute Gasteiger partial charge is 0.331 e. The van der Waals surface area contributed by atoms with Crippen LogP contribution in [0.4, 0.5) is 0 Å². The van der Waals surface area contributed by atoms with Crippen LogP contribution in [0.1, 0.15) is 0 Å². The van der Waals surface area contributed by atoms with Gasteiger partial charge in [-0.2, -0.15) is 0 Å². The Morgan fingerprint density at radius 2 is 2.24 bits per heavy atom. The molecule has 0 bridgehead atoms. The maximum atomic E-state index is 11.8. The lowest BCUT2D eigenvalue weighted by Gasteiger charge is -2.27. The van der Waals surface area contributed by atoms with Gasteiger partial charge in [0, 0.05) is 12.3 Å². The summed E-state index contributed by atoms with van der Waals surface area (Å²) in [7, 11) is -2.14. The van der Waals surface area contributed by atoms with Crippen LogP contribution in [0.25, 0.3) is 0 Å². The highest BCUT2D eigenvalue weighted by molar-refractivity contribution is 14.1. The van der Waals surface area contributed by atoms with Gasteiger partial charge < -0.3 is 24.4 Å². The Morgan fingerprint density at radius 1 is 1.57 bits per heavy atom. The van der Waals surface area contributed by atoms with Crippen molar-refractivity contribution in [3.05, 3.63) is 33.1 Å². The largest absolute Gasteiger partial charge is 0.387 e. The molecule has 1 aromatic rings. The monoisotopic (exact) mass is 433 g/mol. The number of aliphatic hydroxyl groups is 2. The van der Waals surface area contributed by atoms with Crippen LogP contribution in [-0.2, 0) is 13.0 Å². The average Bonchev–Trinajstić information content (AvgIpc) is 2.61. The summed E-state index contributed by atoms with van der Waals surface area (Å²) in [5, 5.41) is 20.1. The van der Waals surface area contributed by atoms with Crippen LogP contribution >= 0.6 is 31.1 Å². The van der Waals surface area contributed by atoms with E-state index in [1.165, 1.54) is 0 Å². The number of H-pyrrole nitrogens is 1. The second-order valence-electron chi connectivity index (χ2n) is 4.28. The summed E-state index contributed by atoms with van der Waals surface area (Å²) < 4.78 is 9.58. The molecular formula is C9H13IN3O7P. The molecule has 0 spiro atoms. The van der Waals surface area contributed by atoms with Gasteiger partial charge in [-0.15, -0.1) is 0 Å². The molecule has 21 heavy (non-hydrogen) atoms. The van der Waals surface area contributed by atoms with E-state index in [0.29, 0.717) is 0 Å². The third-order valence-electron chi connectivity index (χ3n) is 2.91. The fourth-order valence-electron chi connectivity index (χ4n) is 1.90. The average molecular weight is 433 g/mol. The summed E-state index contributed by atoms with van der Waals surface area (Å²) in [5.41, 5.74) is 3.67. The Morgan fingerprint density at radius 3 is 2.81 bits per heavy atom. The van der Waals surface area contributed by atoms with Gasteiger partial charge in [0.05, 0.1) is 6.61 Å². The maximum absolute atomic E-state index is 11.8. The van der Waals surface area contributed by atoms with E-state index in [0.717, 1.165) is 16.8 Å². The molecule has 0 amide bonds. The molecule has 1 saturated heterocycles. The van der Waals surface area contributed by atoms with Gasteiger partial charge in [-0.25, -0.2) is 4.79 Å². The van der Waals surface area contributed by atoms with E-state index in [2.05, 4.69) is 0 Å². The Labute approximate surface area is 132 Å². The molecule has 118 valence electrons. The molecule has 10 nitrogen and oxygen atoms in total. The molecule has 0 radical (unpaired) electrons. The number of aliphatic hydroxyl groups excluding tert-OH is 2. The van der Waals surface area contributed by atoms with E-state index in [1.807, 2.05) is 4.98 Å². The van der Waals surface area contributed by atoms with Crippen LogP contribution in [0, 0.1) is 0 Å². The van der Waals surface area contributed by atoms with Crippen molar-refractivity contribution in [3.8, 4) is 0 Å². The van der Waals surface area contributed by atoms with Crippen LogP contribution in [0.3, 0.4) is 0 Å². The van der Waals surface area contributed by atoms with Gasteiger partial charge in [-0.1, -0.05) is 0 Å². The van der Waals surface area contributed by atoms with E-state index >= 15 is 0 Å². The van der Waals surface area contributed by atoms with Crippen molar-refractivity contribution in [1.29, 1.82) is 0 Å². The second-order valence-corrected chi connectivity index (χ2v) is 6.69. The van der Waals surface area contributed by atoms with Crippen molar-refractivity contribution in [2.45, 2.75) is 22.0 Å². The first kappa shape index (κ1) is 17.0. The maximum Gasteiger partial charge on any atom is 0.331 e. The van der Waals surface area contributed by atoms with E-state index < -0.39 is 41.8 Å². The highest BCUT2D eigenvalue weighted by Crippen LogP contribution is 2.41. The van der Waals surface area contributed by atoms with Crippen LogP contribution < -0.4 is 16.8 Å². The van der Waals surface area contributed by atoms with Gasteiger partial charge in [0.15, 0.2) is 0 Å². The van der Waals surface area contributed by atoms with Crippen molar-refractivity contribution < 1.29 is 24.4 Å². The number of nitrogens with one attached hydrogen (secondary N) is 1. The van der Waals surface area contributed by atoms with Crippen molar-refractivity contribution in [2.75, 3.05) is 6.61 Å². The van der Waals surface area contributed by atoms with Crippen molar-refractivity contribution in [3.63, 3.8) is 0 Å². The zero-order valence-electron chi connectivity index (χ0n) is 10.4. The van der Waals surface area contributed by atoms with Crippen LogP contribution in [0.2, 0.25) is 0 Å². The predicted octanol–water partition coefficient (Wildman–Crippen LogP) is -2.10. The molecule has 2 rings (SSSR count). The lowest BCUT2D eigenvalue weighted by Crippen LogP contribution is -2.47. The summed E-state index contributed by atoms with van der Waals surface area (Å²) in [5.74, 6) is 0. The van der Waals surface area contributed by atoms with Crippen LogP contribution in [0.15, 0.2) is 21.9 Å². The third kappa shape index (κ3) is 3.35. The summed E-state index contributed by atoms with van der Waals surface area (Å²) in [6, 6.07) is 1.08. The molecule has 1 fully saturated rings. The standard InChI is InChI=1S/C9H13IN3O7P/c10-9(13-2-1-5(14)12-8(13)17)7(16)6(15)4(20-9)3-19-21(11)18/h1-2,4,6-7,15-16,18H,3,11H2,(H,12,14,17)/t4-,6-,7-,9+,21?/m1/s1. The number of hydrogen-bond acceptors (Lipinski definition) is 8. The van der Waals surface area contributed by atoms with Crippen molar-refractivity contribution >= 4 is 31.1 Å². The van der Waals surface area contributed by atoms with E-state index in [1.54, 1.807) is 22.6 Å². The fraction of sp³-hybridized carbons (Fsp3) is 0.556. The minimum Gasteiger partial charge on any atom is -0.387 e. The number of nitrogens with two attached hydrogens (primary N) is 1. The highest BCUT2D eigenvalue weighted by atomic mass is 127. The Balaban J connectivity index is 2.30. The molecule has 12 heteroatoms. The Bertz CT molecular complexity index is 622. The van der Waals surface area contributed by atoms with Crippen LogP contribution in [0.5, 0.6) is 0 Å². The molecule has 0 saturated carbocycles. The molecule has 0 aliphatic carbocycles.